The minimum atomic E-state index is -0.0430. The van der Waals surface area contributed by atoms with Crippen LogP contribution < -0.4 is 4.74 Å². The summed E-state index contributed by atoms with van der Waals surface area (Å²) in [5.41, 5.74) is 1.27. The molecule has 0 amide bonds. The second kappa shape index (κ2) is 7.15. The molecular weight excluding hydrogens is 358 g/mol. The molecule has 0 aliphatic carbocycles. The van der Waals surface area contributed by atoms with Crippen molar-refractivity contribution in [3.63, 3.8) is 0 Å². The predicted molar refractivity (Wildman–Crippen MR) is 91.4 cm³/mol. The summed E-state index contributed by atoms with van der Waals surface area (Å²) in [6, 6.07) is 5.63. The van der Waals surface area contributed by atoms with Gasteiger partial charge in [0.05, 0.1) is 7.11 Å². The van der Waals surface area contributed by atoms with Crippen LogP contribution in [0.25, 0.3) is 6.08 Å². The van der Waals surface area contributed by atoms with Gasteiger partial charge >= 0.3 is 0 Å². The van der Waals surface area contributed by atoms with Crippen molar-refractivity contribution in [2.24, 2.45) is 4.99 Å². The number of hydrogen-bond acceptors (Lipinski definition) is 5. The fraction of sp³-hybridized carbons (Fsp3) is 0.143. The highest BCUT2D eigenvalue weighted by atomic mass is 79.9. The fourth-order valence-corrected chi connectivity index (χ4v) is 3.53. The molecule has 1 aliphatic rings. The topological polar surface area (TPSA) is 38.7 Å². The number of thioether (sulfide) groups is 2. The quantitative estimate of drug-likeness (QED) is 0.584. The molecule has 1 heterocycles. The summed E-state index contributed by atoms with van der Waals surface area (Å²) in [4.78, 5) is 16.3. The maximum Gasteiger partial charge on any atom is 0.244 e. The number of nitrogens with zero attached hydrogens (tertiary/aromatic N) is 1. The molecule has 0 spiro atoms. The van der Waals surface area contributed by atoms with Crippen LogP contribution in [0.3, 0.4) is 0 Å². The number of carbonyl (C=O) groups is 1. The third kappa shape index (κ3) is 3.77. The van der Waals surface area contributed by atoms with Crippen LogP contribution in [0, 0.1) is 0 Å². The van der Waals surface area contributed by atoms with Gasteiger partial charge in [0, 0.05) is 15.8 Å². The van der Waals surface area contributed by atoms with E-state index in [0.717, 1.165) is 31.9 Å². The van der Waals surface area contributed by atoms with Crippen molar-refractivity contribution in [1.29, 1.82) is 0 Å². The van der Waals surface area contributed by atoms with Gasteiger partial charge in [0.15, 0.2) is 0 Å². The van der Waals surface area contributed by atoms with Crippen LogP contribution in [0.5, 0.6) is 5.75 Å². The van der Waals surface area contributed by atoms with Gasteiger partial charge in [-0.15, -0.1) is 6.58 Å². The SMILES string of the molecule is C=CCSC1=NC(=Cc2cc(Br)ccc2OC)C(=O)S1. The molecule has 3 nitrogen and oxygen atoms in total. The van der Waals surface area contributed by atoms with E-state index in [-0.39, 0.29) is 5.12 Å². The standard InChI is InChI=1S/C14H12BrNO2S2/c1-3-6-19-14-16-11(13(17)20-14)8-9-7-10(15)4-5-12(9)18-2/h3-5,7-8H,1,6H2,2H3. The van der Waals surface area contributed by atoms with Gasteiger partial charge in [-0.1, -0.05) is 33.8 Å². The lowest BCUT2D eigenvalue weighted by atomic mass is 10.1. The van der Waals surface area contributed by atoms with Gasteiger partial charge in [-0.05, 0) is 36.0 Å². The van der Waals surface area contributed by atoms with E-state index < -0.39 is 0 Å². The Balaban J connectivity index is 2.30. The third-order valence-corrected chi connectivity index (χ3v) is 4.91. The molecule has 1 aliphatic heterocycles. The van der Waals surface area contributed by atoms with Crippen LogP contribution in [-0.4, -0.2) is 22.4 Å². The van der Waals surface area contributed by atoms with Crippen LogP contribution >= 0.6 is 39.5 Å². The van der Waals surface area contributed by atoms with E-state index in [1.165, 1.54) is 11.8 Å². The van der Waals surface area contributed by atoms with Crippen LogP contribution in [0.1, 0.15) is 5.56 Å². The number of carbonyl (C=O) groups excluding carboxylic acids is 1. The normalized spacial score (nSPS) is 16.4. The van der Waals surface area contributed by atoms with Gasteiger partial charge in [-0.3, -0.25) is 4.79 Å². The Kier molecular flexibility index (Phi) is 5.51. The van der Waals surface area contributed by atoms with Gasteiger partial charge in [0.1, 0.15) is 15.8 Å². The van der Waals surface area contributed by atoms with E-state index in [4.69, 9.17) is 4.74 Å². The highest BCUT2D eigenvalue weighted by Gasteiger charge is 2.22. The molecule has 0 radical (unpaired) electrons. The van der Waals surface area contributed by atoms with E-state index in [1.54, 1.807) is 19.3 Å². The smallest absolute Gasteiger partial charge is 0.244 e. The first kappa shape index (κ1) is 15.4. The molecule has 0 fully saturated rings. The van der Waals surface area contributed by atoms with Crippen molar-refractivity contribution in [2.75, 3.05) is 12.9 Å². The highest BCUT2D eigenvalue weighted by molar-refractivity contribution is 9.10. The van der Waals surface area contributed by atoms with Crippen LogP contribution in [0.15, 0.2) is 46.0 Å². The fourth-order valence-electron chi connectivity index (χ4n) is 1.55. The summed E-state index contributed by atoms with van der Waals surface area (Å²) in [5, 5.41) is -0.0430. The number of rotatable bonds is 4. The molecule has 6 heteroatoms. The van der Waals surface area contributed by atoms with Gasteiger partial charge < -0.3 is 4.74 Å². The largest absolute Gasteiger partial charge is 0.496 e. The number of methoxy groups -OCH3 is 1. The molecule has 0 bridgehead atoms. The number of benzene rings is 1. The molecule has 1 aromatic carbocycles. The maximum absolute atomic E-state index is 11.9. The summed E-state index contributed by atoms with van der Waals surface area (Å²) in [7, 11) is 1.60. The number of aliphatic imine (C=N–C) groups is 1. The van der Waals surface area contributed by atoms with Crippen molar-refractivity contribution in [2.45, 2.75) is 0 Å². The summed E-state index contributed by atoms with van der Waals surface area (Å²) in [6.07, 6.45) is 3.54. The molecule has 0 atom stereocenters. The first-order valence-electron chi connectivity index (χ1n) is 5.74. The zero-order valence-electron chi connectivity index (χ0n) is 10.8. The minimum absolute atomic E-state index is 0.0430. The van der Waals surface area contributed by atoms with Crippen LogP contribution in [0.2, 0.25) is 0 Å². The molecule has 20 heavy (non-hydrogen) atoms. The lowest BCUT2D eigenvalue weighted by molar-refractivity contribution is -0.107. The Morgan fingerprint density at radius 1 is 1.55 bits per heavy atom. The molecule has 0 unspecified atom stereocenters. The summed E-state index contributed by atoms with van der Waals surface area (Å²) >= 11 is 6.07. The maximum atomic E-state index is 11.9. The van der Waals surface area contributed by atoms with Crippen molar-refractivity contribution in [1.82, 2.24) is 0 Å². The lowest BCUT2D eigenvalue weighted by Crippen LogP contribution is -1.91. The summed E-state index contributed by atoms with van der Waals surface area (Å²) in [6.45, 7) is 3.65. The third-order valence-electron chi connectivity index (χ3n) is 2.41. The second-order valence-electron chi connectivity index (χ2n) is 3.78. The van der Waals surface area contributed by atoms with Crippen molar-refractivity contribution in [3.05, 3.63) is 46.6 Å². The molecule has 104 valence electrons. The molecule has 0 saturated carbocycles. The molecule has 0 aromatic heterocycles. The Labute approximate surface area is 134 Å². The zero-order valence-corrected chi connectivity index (χ0v) is 14.0. The summed E-state index contributed by atoms with van der Waals surface area (Å²) < 4.78 is 6.97. The highest BCUT2D eigenvalue weighted by Crippen LogP contribution is 2.33. The number of hydrogen-bond donors (Lipinski definition) is 0. The first-order chi connectivity index (χ1) is 9.63. The van der Waals surface area contributed by atoms with Crippen molar-refractivity contribution in [3.8, 4) is 5.75 Å². The molecule has 0 saturated heterocycles. The van der Waals surface area contributed by atoms with E-state index in [1.807, 2.05) is 18.2 Å². The van der Waals surface area contributed by atoms with Crippen LogP contribution in [0.4, 0.5) is 0 Å². The molecule has 1 aromatic rings. The van der Waals surface area contributed by atoms with Gasteiger partial charge in [-0.25, -0.2) is 4.99 Å². The molecule has 0 N–H and O–H groups in total. The van der Waals surface area contributed by atoms with Crippen molar-refractivity contribution >= 4 is 55.0 Å². The average Bonchev–Trinajstić information content (AvgIpc) is 2.77. The summed E-state index contributed by atoms with van der Waals surface area (Å²) in [5.74, 6) is 1.45. The Morgan fingerprint density at radius 2 is 2.35 bits per heavy atom. The lowest BCUT2D eigenvalue weighted by Gasteiger charge is -2.05. The molecular formula is C14H12BrNO2S2. The number of halogens is 1. The van der Waals surface area contributed by atoms with E-state index in [2.05, 4.69) is 27.5 Å². The van der Waals surface area contributed by atoms with Gasteiger partial charge in [0.2, 0.25) is 5.12 Å². The zero-order chi connectivity index (χ0) is 14.5. The minimum Gasteiger partial charge on any atom is -0.496 e. The Hall–Kier alpha value is -0.980. The van der Waals surface area contributed by atoms with Crippen molar-refractivity contribution < 1.29 is 9.53 Å². The predicted octanol–water partition coefficient (Wildman–Crippen LogP) is 4.35. The second-order valence-corrected chi connectivity index (χ2v) is 6.93. The van der Waals surface area contributed by atoms with E-state index in [0.29, 0.717) is 11.4 Å². The van der Waals surface area contributed by atoms with Gasteiger partial charge in [0.25, 0.3) is 0 Å². The molecule has 2 rings (SSSR count). The average molecular weight is 370 g/mol. The first-order valence-corrected chi connectivity index (χ1v) is 8.33. The Morgan fingerprint density at radius 3 is 3.05 bits per heavy atom. The monoisotopic (exact) mass is 369 g/mol. The van der Waals surface area contributed by atoms with E-state index >= 15 is 0 Å². The van der Waals surface area contributed by atoms with Gasteiger partial charge in [-0.2, -0.15) is 0 Å². The number of ether oxygens (including phenoxy) is 1. The van der Waals surface area contributed by atoms with Crippen LogP contribution in [-0.2, 0) is 4.79 Å². The van der Waals surface area contributed by atoms with E-state index in [9.17, 15) is 4.79 Å². The Bertz CT molecular complexity index is 611.